The van der Waals surface area contributed by atoms with Crippen LogP contribution in [0.25, 0.3) is 0 Å². The number of carbonyl (C=O) groups excluding carboxylic acids is 2. The first kappa shape index (κ1) is 18.8. The molecule has 1 atom stereocenters. The molecule has 2 aromatic rings. The molecular weight excluding hydrogens is 344 g/mol. The minimum Gasteiger partial charge on any atom is -0.376 e. The number of urea groups is 1. The van der Waals surface area contributed by atoms with Crippen molar-refractivity contribution >= 4 is 17.6 Å². The summed E-state index contributed by atoms with van der Waals surface area (Å²) in [5.74, 6) is -0.146. The Balaban J connectivity index is 1.45. The van der Waals surface area contributed by atoms with Gasteiger partial charge >= 0.3 is 6.03 Å². The fourth-order valence-electron chi connectivity index (χ4n) is 2.86. The van der Waals surface area contributed by atoms with Gasteiger partial charge in [0.05, 0.1) is 18.3 Å². The molecule has 1 aromatic carbocycles. The number of hydrogen-bond acceptors (Lipinski definition) is 4. The molecule has 142 valence electrons. The predicted molar refractivity (Wildman–Crippen MR) is 103 cm³/mol. The fraction of sp³-hybridized carbons (Fsp3) is 0.350. The van der Waals surface area contributed by atoms with Gasteiger partial charge in [-0.05, 0) is 56.2 Å². The van der Waals surface area contributed by atoms with Gasteiger partial charge in [-0.2, -0.15) is 0 Å². The van der Waals surface area contributed by atoms with E-state index in [0.717, 1.165) is 30.8 Å². The van der Waals surface area contributed by atoms with E-state index in [1.54, 1.807) is 24.3 Å². The number of pyridine rings is 1. The van der Waals surface area contributed by atoms with Crippen LogP contribution in [-0.4, -0.2) is 36.2 Å². The normalized spacial score (nSPS) is 16.0. The van der Waals surface area contributed by atoms with Gasteiger partial charge in [0, 0.05) is 30.1 Å². The second kappa shape index (κ2) is 9.14. The van der Waals surface area contributed by atoms with Crippen molar-refractivity contribution in [3.63, 3.8) is 0 Å². The number of carbonyl (C=O) groups is 2. The van der Waals surface area contributed by atoms with Crippen LogP contribution in [0.3, 0.4) is 0 Å². The van der Waals surface area contributed by atoms with Crippen LogP contribution < -0.4 is 16.0 Å². The van der Waals surface area contributed by atoms with Gasteiger partial charge in [0.15, 0.2) is 0 Å². The van der Waals surface area contributed by atoms with E-state index >= 15 is 0 Å². The lowest BCUT2D eigenvalue weighted by molar-refractivity contribution is 0.0858. The number of amides is 3. The first-order chi connectivity index (χ1) is 13.1. The number of aryl methyl sites for hydroxylation is 1. The van der Waals surface area contributed by atoms with Gasteiger partial charge in [-0.1, -0.05) is 6.07 Å². The molecule has 1 aromatic heterocycles. The number of rotatable bonds is 6. The summed E-state index contributed by atoms with van der Waals surface area (Å²) < 4.78 is 5.49. The summed E-state index contributed by atoms with van der Waals surface area (Å²) in [6, 6.07) is 12.1. The molecule has 0 spiro atoms. The van der Waals surface area contributed by atoms with Crippen LogP contribution in [0.4, 0.5) is 10.5 Å². The molecule has 3 N–H and O–H groups in total. The number of benzene rings is 1. The maximum Gasteiger partial charge on any atom is 0.319 e. The van der Waals surface area contributed by atoms with E-state index in [1.807, 2.05) is 25.1 Å². The first-order valence-corrected chi connectivity index (χ1v) is 9.07. The van der Waals surface area contributed by atoms with Crippen LogP contribution in [0.15, 0.2) is 42.5 Å². The van der Waals surface area contributed by atoms with Crippen LogP contribution in [0.2, 0.25) is 0 Å². The monoisotopic (exact) mass is 368 g/mol. The number of anilines is 1. The quantitative estimate of drug-likeness (QED) is 0.731. The van der Waals surface area contributed by atoms with Crippen LogP contribution >= 0.6 is 0 Å². The number of nitrogens with zero attached hydrogens (tertiary/aromatic N) is 1. The van der Waals surface area contributed by atoms with E-state index in [0.29, 0.717) is 24.3 Å². The van der Waals surface area contributed by atoms with Crippen molar-refractivity contribution in [2.75, 3.05) is 18.5 Å². The summed E-state index contributed by atoms with van der Waals surface area (Å²) in [5.41, 5.74) is 2.86. The number of nitrogens with one attached hydrogen (secondary N) is 3. The Morgan fingerprint density at radius 1 is 1.15 bits per heavy atom. The molecule has 7 nitrogen and oxygen atoms in total. The molecule has 1 aliphatic heterocycles. The molecule has 0 radical (unpaired) electrons. The summed E-state index contributed by atoms with van der Waals surface area (Å²) in [7, 11) is 0. The zero-order valence-corrected chi connectivity index (χ0v) is 15.3. The second-order valence-corrected chi connectivity index (χ2v) is 6.50. The molecular formula is C20H24N4O3. The Morgan fingerprint density at radius 3 is 2.67 bits per heavy atom. The van der Waals surface area contributed by atoms with Gasteiger partial charge in [-0.3, -0.25) is 9.78 Å². The lowest BCUT2D eigenvalue weighted by Gasteiger charge is -2.11. The number of aromatic nitrogens is 1. The summed E-state index contributed by atoms with van der Waals surface area (Å²) in [6.07, 6.45) is 2.14. The molecule has 0 aliphatic carbocycles. The number of hydrogen-bond donors (Lipinski definition) is 3. The van der Waals surface area contributed by atoms with Gasteiger partial charge in [-0.15, -0.1) is 0 Å². The van der Waals surface area contributed by atoms with Crippen molar-refractivity contribution in [3.8, 4) is 0 Å². The summed E-state index contributed by atoms with van der Waals surface area (Å²) in [6.45, 7) is 3.54. The van der Waals surface area contributed by atoms with E-state index in [2.05, 4.69) is 20.9 Å². The van der Waals surface area contributed by atoms with Gasteiger partial charge in [0.25, 0.3) is 5.91 Å². The van der Waals surface area contributed by atoms with Crippen molar-refractivity contribution in [2.24, 2.45) is 0 Å². The third kappa shape index (κ3) is 5.79. The third-order valence-electron chi connectivity index (χ3n) is 4.30. The highest BCUT2D eigenvalue weighted by Crippen LogP contribution is 2.12. The van der Waals surface area contributed by atoms with Crippen LogP contribution in [0.1, 0.15) is 34.6 Å². The van der Waals surface area contributed by atoms with Crippen molar-refractivity contribution < 1.29 is 14.3 Å². The molecule has 1 fully saturated rings. The Labute approximate surface area is 158 Å². The molecule has 3 rings (SSSR count). The molecule has 0 saturated carbocycles. The Bertz CT molecular complexity index is 786. The van der Waals surface area contributed by atoms with Crippen LogP contribution in [-0.2, 0) is 11.3 Å². The van der Waals surface area contributed by atoms with E-state index < -0.39 is 0 Å². The Hall–Kier alpha value is -2.93. The van der Waals surface area contributed by atoms with Crippen molar-refractivity contribution in [1.29, 1.82) is 0 Å². The van der Waals surface area contributed by atoms with Crippen molar-refractivity contribution in [3.05, 3.63) is 59.4 Å². The first-order valence-electron chi connectivity index (χ1n) is 9.07. The van der Waals surface area contributed by atoms with E-state index in [4.69, 9.17) is 4.74 Å². The third-order valence-corrected chi connectivity index (χ3v) is 4.30. The van der Waals surface area contributed by atoms with Crippen molar-refractivity contribution in [1.82, 2.24) is 15.6 Å². The van der Waals surface area contributed by atoms with Crippen LogP contribution in [0, 0.1) is 6.92 Å². The fourth-order valence-corrected chi connectivity index (χ4v) is 2.86. The average Bonchev–Trinajstić information content (AvgIpc) is 3.19. The van der Waals surface area contributed by atoms with E-state index in [-0.39, 0.29) is 18.0 Å². The molecule has 0 bridgehead atoms. The maximum absolute atomic E-state index is 12.1. The number of ether oxygens (including phenoxy) is 1. The summed E-state index contributed by atoms with van der Waals surface area (Å²) in [5, 5.41) is 8.37. The molecule has 2 heterocycles. The SMILES string of the molecule is Cc1cccc(CNC(=O)Nc2ccc(C(=O)NC[C@@H]3CCCO3)cc2)n1. The summed E-state index contributed by atoms with van der Waals surface area (Å²) >= 11 is 0. The minimum absolute atomic E-state index is 0.112. The second-order valence-electron chi connectivity index (χ2n) is 6.50. The van der Waals surface area contributed by atoms with Gasteiger partial charge in [0.1, 0.15) is 0 Å². The van der Waals surface area contributed by atoms with Gasteiger partial charge in [0.2, 0.25) is 0 Å². The molecule has 7 heteroatoms. The Morgan fingerprint density at radius 2 is 1.96 bits per heavy atom. The maximum atomic E-state index is 12.1. The molecule has 27 heavy (non-hydrogen) atoms. The van der Waals surface area contributed by atoms with E-state index in [9.17, 15) is 9.59 Å². The smallest absolute Gasteiger partial charge is 0.319 e. The zero-order chi connectivity index (χ0) is 19.1. The molecule has 3 amide bonds. The molecule has 0 unspecified atom stereocenters. The van der Waals surface area contributed by atoms with Crippen LogP contribution in [0.5, 0.6) is 0 Å². The lowest BCUT2D eigenvalue weighted by atomic mass is 10.2. The predicted octanol–water partition coefficient (Wildman–Crippen LogP) is 2.62. The highest BCUT2D eigenvalue weighted by molar-refractivity contribution is 5.95. The standard InChI is InChI=1S/C20H24N4O3/c1-14-4-2-5-17(23-14)12-22-20(26)24-16-9-7-15(8-10-16)19(25)21-13-18-6-3-11-27-18/h2,4-5,7-10,18H,3,6,11-13H2,1H3,(H,21,25)(H2,22,24,26)/t18-/m0/s1. The van der Waals surface area contributed by atoms with Gasteiger partial charge in [-0.25, -0.2) is 4.79 Å². The lowest BCUT2D eigenvalue weighted by Crippen LogP contribution is -2.31. The minimum atomic E-state index is -0.325. The highest BCUT2D eigenvalue weighted by Gasteiger charge is 2.16. The van der Waals surface area contributed by atoms with E-state index in [1.165, 1.54) is 0 Å². The Kier molecular flexibility index (Phi) is 6.38. The topological polar surface area (TPSA) is 92.4 Å². The highest BCUT2D eigenvalue weighted by atomic mass is 16.5. The average molecular weight is 368 g/mol. The van der Waals surface area contributed by atoms with Gasteiger partial charge < -0.3 is 20.7 Å². The molecule has 1 aliphatic rings. The summed E-state index contributed by atoms with van der Waals surface area (Å²) in [4.78, 5) is 28.5. The zero-order valence-electron chi connectivity index (χ0n) is 15.3. The van der Waals surface area contributed by atoms with Crippen molar-refractivity contribution in [2.45, 2.75) is 32.4 Å². The molecule has 1 saturated heterocycles. The largest absolute Gasteiger partial charge is 0.376 e.